The van der Waals surface area contributed by atoms with E-state index in [1.54, 1.807) is 13.2 Å². The summed E-state index contributed by atoms with van der Waals surface area (Å²) in [6.07, 6.45) is 4.03. The predicted octanol–water partition coefficient (Wildman–Crippen LogP) is 2.58. The number of likely N-dealkylation sites (tertiary alicyclic amines) is 2. The molecule has 0 amide bonds. The summed E-state index contributed by atoms with van der Waals surface area (Å²) in [5.41, 5.74) is 0.903. The van der Waals surface area contributed by atoms with Crippen LogP contribution < -0.4 is 4.74 Å². The van der Waals surface area contributed by atoms with Crippen LogP contribution in [0, 0.1) is 0 Å². The van der Waals surface area contributed by atoms with Gasteiger partial charge < -0.3 is 19.8 Å². The van der Waals surface area contributed by atoms with Crippen molar-refractivity contribution in [2.24, 2.45) is 0 Å². The molecule has 0 radical (unpaired) electrons. The molecule has 0 saturated carbocycles. The maximum Gasteiger partial charge on any atom is 0.134 e. The lowest BCUT2D eigenvalue weighted by Crippen LogP contribution is -2.48. The average molecular weight is 399 g/mol. The van der Waals surface area contributed by atoms with Crippen LogP contribution in [-0.4, -0.2) is 65.4 Å². The molecule has 0 bridgehead atoms. The fraction of sp³-hybridized carbons (Fsp3) is 0.667. The molecule has 1 aromatic rings. The van der Waals surface area contributed by atoms with Gasteiger partial charge in [0.1, 0.15) is 11.5 Å². The van der Waals surface area contributed by atoms with E-state index >= 15 is 0 Å². The Hall–Kier alpha value is -0.820. The van der Waals surface area contributed by atoms with Gasteiger partial charge in [-0.15, -0.1) is 0 Å². The minimum absolute atomic E-state index is 0.101. The summed E-state index contributed by atoms with van der Waals surface area (Å²) in [5, 5.41) is 19.9. The van der Waals surface area contributed by atoms with Crippen LogP contribution in [0.3, 0.4) is 0 Å². The van der Waals surface area contributed by atoms with E-state index in [2.05, 4.69) is 25.7 Å². The zero-order valence-electron chi connectivity index (χ0n) is 14.2. The molecule has 0 unspecified atom stereocenters. The minimum Gasteiger partial charge on any atom is -0.506 e. The first-order valence-electron chi connectivity index (χ1n) is 8.76. The number of benzene rings is 1. The number of aliphatic hydroxyl groups is 1. The maximum absolute atomic E-state index is 10.3. The van der Waals surface area contributed by atoms with E-state index in [1.165, 1.54) is 0 Å². The van der Waals surface area contributed by atoms with Crippen molar-refractivity contribution in [2.45, 2.75) is 44.4 Å². The Morgan fingerprint density at radius 2 is 1.79 bits per heavy atom. The third-order valence-corrected chi connectivity index (χ3v) is 5.92. The molecule has 0 aromatic heterocycles. The molecule has 3 rings (SSSR count). The highest BCUT2D eigenvalue weighted by atomic mass is 79.9. The first-order valence-corrected chi connectivity index (χ1v) is 9.56. The molecule has 2 heterocycles. The summed E-state index contributed by atoms with van der Waals surface area (Å²) >= 11 is 3.39. The second kappa shape index (κ2) is 8.04. The molecule has 0 spiro atoms. The molecule has 2 saturated heterocycles. The Morgan fingerprint density at radius 1 is 1.12 bits per heavy atom. The van der Waals surface area contributed by atoms with Gasteiger partial charge in [0.05, 0.1) is 17.7 Å². The lowest BCUT2D eigenvalue weighted by Gasteiger charge is -2.41. The van der Waals surface area contributed by atoms with Gasteiger partial charge >= 0.3 is 0 Å². The molecule has 1 aromatic carbocycles. The standard InChI is InChI=1S/C18H27BrN2O3/c1-24-16-10-13(18(23)17(19)11-16)12-20-6-2-14(3-7-20)21-8-4-15(22)5-9-21/h10-11,14-15,22-23H,2-9,12H2,1H3. The van der Waals surface area contributed by atoms with Gasteiger partial charge in [-0.05, 0) is 66.8 Å². The number of nitrogens with zero attached hydrogens (tertiary/aromatic N) is 2. The molecule has 134 valence electrons. The van der Waals surface area contributed by atoms with Crippen LogP contribution in [0.25, 0.3) is 0 Å². The molecule has 0 atom stereocenters. The second-order valence-electron chi connectivity index (χ2n) is 6.89. The summed E-state index contributed by atoms with van der Waals surface area (Å²) in [6, 6.07) is 4.34. The summed E-state index contributed by atoms with van der Waals surface area (Å²) < 4.78 is 5.98. The Labute approximate surface area is 152 Å². The van der Waals surface area contributed by atoms with Gasteiger partial charge in [-0.2, -0.15) is 0 Å². The second-order valence-corrected chi connectivity index (χ2v) is 7.75. The lowest BCUT2D eigenvalue weighted by atomic mass is 9.98. The Morgan fingerprint density at radius 3 is 2.42 bits per heavy atom. The number of ether oxygens (including phenoxy) is 1. The molecule has 2 aliphatic heterocycles. The first-order chi connectivity index (χ1) is 11.6. The van der Waals surface area contributed by atoms with Crippen molar-refractivity contribution in [3.05, 3.63) is 22.2 Å². The number of phenolic OH excluding ortho intramolecular Hbond substituents is 1. The SMILES string of the molecule is COc1cc(Br)c(O)c(CN2CCC(N3CCC(O)CC3)CC2)c1. The van der Waals surface area contributed by atoms with Gasteiger partial charge in [-0.1, -0.05) is 0 Å². The molecular weight excluding hydrogens is 372 g/mol. The number of piperidine rings is 2. The molecular formula is C18H27BrN2O3. The molecule has 2 N–H and O–H groups in total. The van der Waals surface area contributed by atoms with Gasteiger partial charge in [-0.25, -0.2) is 0 Å². The minimum atomic E-state index is -0.101. The van der Waals surface area contributed by atoms with Crippen LogP contribution in [0.5, 0.6) is 11.5 Å². The quantitative estimate of drug-likeness (QED) is 0.815. The van der Waals surface area contributed by atoms with Crippen molar-refractivity contribution in [2.75, 3.05) is 33.3 Å². The van der Waals surface area contributed by atoms with E-state index in [0.717, 1.165) is 69.7 Å². The van der Waals surface area contributed by atoms with Crippen LogP contribution in [0.15, 0.2) is 16.6 Å². The highest BCUT2D eigenvalue weighted by molar-refractivity contribution is 9.10. The van der Waals surface area contributed by atoms with E-state index in [1.807, 2.05) is 6.07 Å². The topological polar surface area (TPSA) is 56.2 Å². The lowest BCUT2D eigenvalue weighted by molar-refractivity contribution is 0.0374. The number of rotatable bonds is 4. The number of halogens is 1. The highest BCUT2D eigenvalue weighted by Crippen LogP contribution is 2.34. The fourth-order valence-corrected chi connectivity index (χ4v) is 4.28. The number of aliphatic hydroxyl groups excluding tert-OH is 1. The monoisotopic (exact) mass is 398 g/mol. The van der Waals surface area contributed by atoms with E-state index < -0.39 is 0 Å². The van der Waals surface area contributed by atoms with Crippen molar-refractivity contribution in [1.82, 2.24) is 9.80 Å². The molecule has 5 nitrogen and oxygen atoms in total. The average Bonchev–Trinajstić information content (AvgIpc) is 2.60. The molecule has 0 aliphatic carbocycles. The third-order valence-electron chi connectivity index (χ3n) is 5.32. The summed E-state index contributed by atoms with van der Waals surface area (Å²) in [7, 11) is 1.64. The number of phenols is 1. The largest absolute Gasteiger partial charge is 0.506 e. The van der Waals surface area contributed by atoms with E-state index in [9.17, 15) is 10.2 Å². The van der Waals surface area contributed by atoms with Gasteiger partial charge in [-0.3, -0.25) is 4.90 Å². The predicted molar refractivity (Wildman–Crippen MR) is 97.5 cm³/mol. The van der Waals surface area contributed by atoms with Crippen LogP contribution in [0.4, 0.5) is 0 Å². The normalized spacial score (nSPS) is 22.0. The zero-order valence-corrected chi connectivity index (χ0v) is 15.8. The van der Waals surface area contributed by atoms with Gasteiger partial charge in [0.15, 0.2) is 0 Å². The summed E-state index contributed by atoms with van der Waals surface area (Å²) in [5.74, 6) is 1.07. The van der Waals surface area contributed by atoms with Crippen LogP contribution in [0.2, 0.25) is 0 Å². The Kier molecular flexibility index (Phi) is 6.02. The molecule has 2 aliphatic rings. The zero-order chi connectivity index (χ0) is 17.1. The third kappa shape index (κ3) is 4.23. The maximum atomic E-state index is 10.3. The van der Waals surface area contributed by atoms with Crippen molar-refractivity contribution in [3.63, 3.8) is 0 Å². The fourth-order valence-electron chi connectivity index (χ4n) is 3.80. The summed E-state index contributed by atoms with van der Waals surface area (Å²) in [4.78, 5) is 4.94. The first kappa shape index (κ1) is 18.0. The van der Waals surface area contributed by atoms with E-state index in [4.69, 9.17) is 4.74 Å². The smallest absolute Gasteiger partial charge is 0.134 e. The van der Waals surface area contributed by atoms with Crippen LogP contribution in [0.1, 0.15) is 31.2 Å². The molecule has 24 heavy (non-hydrogen) atoms. The van der Waals surface area contributed by atoms with Crippen LogP contribution >= 0.6 is 15.9 Å². The Balaban J connectivity index is 1.55. The van der Waals surface area contributed by atoms with Gasteiger partial charge in [0.2, 0.25) is 0 Å². The van der Waals surface area contributed by atoms with E-state index in [-0.39, 0.29) is 6.10 Å². The van der Waals surface area contributed by atoms with Crippen molar-refractivity contribution >= 4 is 15.9 Å². The molecule has 2 fully saturated rings. The Bertz CT molecular complexity index is 553. The number of aromatic hydroxyl groups is 1. The van der Waals surface area contributed by atoms with Gasteiger partial charge in [0, 0.05) is 31.2 Å². The van der Waals surface area contributed by atoms with Crippen molar-refractivity contribution < 1.29 is 14.9 Å². The molecule has 6 heteroatoms. The number of methoxy groups -OCH3 is 1. The van der Waals surface area contributed by atoms with Gasteiger partial charge in [0.25, 0.3) is 0 Å². The van der Waals surface area contributed by atoms with Crippen LogP contribution in [-0.2, 0) is 6.54 Å². The number of hydrogen-bond acceptors (Lipinski definition) is 5. The van der Waals surface area contributed by atoms with Crippen molar-refractivity contribution in [3.8, 4) is 11.5 Å². The van der Waals surface area contributed by atoms with E-state index in [0.29, 0.717) is 16.3 Å². The van der Waals surface area contributed by atoms with Crippen molar-refractivity contribution in [1.29, 1.82) is 0 Å². The highest BCUT2D eigenvalue weighted by Gasteiger charge is 2.28. The summed E-state index contributed by atoms with van der Waals surface area (Å²) in [6.45, 7) is 4.87. The number of hydrogen-bond donors (Lipinski definition) is 2.